The number of hydrogen-bond acceptors (Lipinski definition) is 4. The number of aromatic amines is 1. The Hall–Kier alpha value is -2.58. The zero-order chi connectivity index (χ0) is 19.6. The van der Waals surface area contributed by atoms with Crippen LogP contribution >= 0.6 is 0 Å². The van der Waals surface area contributed by atoms with Crippen molar-refractivity contribution in [1.29, 1.82) is 0 Å². The van der Waals surface area contributed by atoms with Gasteiger partial charge in [0.15, 0.2) is 0 Å². The summed E-state index contributed by atoms with van der Waals surface area (Å²) in [5.41, 5.74) is 2.77. The number of aromatic nitrogens is 3. The molecule has 1 aromatic carbocycles. The van der Waals surface area contributed by atoms with Crippen molar-refractivity contribution in [2.75, 3.05) is 13.1 Å². The third kappa shape index (κ3) is 3.98. The maximum absolute atomic E-state index is 13.1. The van der Waals surface area contributed by atoms with Gasteiger partial charge in [-0.05, 0) is 42.7 Å². The molecular formula is C20H21FN4O2S. The third-order valence-electron chi connectivity index (χ3n) is 5.04. The highest BCUT2D eigenvalue weighted by Crippen LogP contribution is 2.29. The molecule has 2 aromatic heterocycles. The average molecular weight is 400 g/mol. The summed E-state index contributed by atoms with van der Waals surface area (Å²) in [5.74, 6) is -0.213. The van der Waals surface area contributed by atoms with Crippen LogP contribution < -0.4 is 0 Å². The maximum Gasteiger partial charge on any atom is 0.246 e. The van der Waals surface area contributed by atoms with E-state index in [2.05, 4.69) is 10.2 Å². The van der Waals surface area contributed by atoms with Gasteiger partial charge in [-0.2, -0.15) is 9.40 Å². The van der Waals surface area contributed by atoms with E-state index in [9.17, 15) is 12.8 Å². The van der Waals surface area contributed by atoms with E-state index < -0.39 is 10.0 Å². The standard InChI is InChI=1S/C20H21FN4O2S/c21-17-8-6-15(7-9-17)11-18-4-1-5-20(24-18)16-3-2-10-25(14-16)28(26,27)19-12-22-23-13-19/h1,4-9,12-13,16H,2-3,10-11,14H2,(H,22,23). The van der Waals surface area contributed by atoms with Crippen molar-refractivity contribution in [3.8, 4) is 0 Å². The van der Waals surface area contributed by atoms with Crippen molar-refractivity contribution in [2.45, 2.75) is 30.1 Å². The van der Waals surface area contributed by atoms with E-state index in [1.807, 2.05) is 18.2 Å². The second kappa shape index (κ2) is 7.81. The molecule has 3 heterocycles. The molecule has 1 fully saturated rings. The molecule has 1 aliphatic heterocycles. The van der Waals surface area contributed by atoms with Gasteiger partial charge < -0.3 is 0 Å². The number of sulfonamides is 1. The van der Waals surface area contributed by atoms with Crippen molar-refractivity contribution in [3.63, 3.8) is 0 Å². The van der Waals surface area contributed by atoms with Crippen LogP contribution in [-0.4, -0.2) is 41.0 Å². The Morgan fingerprint density at radius 3 is 2.75 bits per heavy atom. The first-order valence-electron chi connectivity index (χ1n) is 9.21. The van der Waals surface area contributed by atoms with Gasteiger partial charge in [-0.15, -0.1) is 0 Å². The molecule has 0 saturated carbocycles. The number of benzene rings is 1. The highest BCUT2D eigenvalue weighted by atomic mass is 32.2. The Morgan fingerprint density at radius 2 is 2.00 bits per heavy atom. The monoisotopic (exact) mass is 400 g/mol. The molecule has 28 heavy (non-hydrogen) atoms. The number of nitrogens with one attached hydrogen (secondary N) is 1. The SMILES string of the molecule is O=S(=O)(c1cn[nH]c1)N1CCCC(c2cccc(Cc3ccc(F)cc3)n2)C1. The number of nitrogens with zero attached hydrogens (tertiary/aromatic N) is 3. The molecule has 0 bridgehead atoms. The van der Waals surface area contributed by atoms with Crippen LogP contribution in [0.4, 0.5) is 4.39 Å². The fraction of sp³-hybridized carbons (Fsp3) is 0.300. The molecule has 1 atom stereocenters. The molecule has 1 saturated heterocycles. The lowest BCUT2D eigenvalue weighted by molar-refractivity contribution is 0.312. The van der Waals surface area contributed by atoms with E-state index in [1.54, 1.807) is 12.1 Å². The summed E-state index contributed by atoms with van der Waals surface area (Å²) in [4.78, 5) is 4.95. The molecule has 146 valence electrons. The highest BCUT2D eigenvalue weighted by molar-refractivity contribution is 7.89. The van der Waals surface area contributed by atoms with Crippen LogP contribution in [0, 0.1) is 5.82 Å². The van der Waals surface area contributed by atoms with Crippen molar-refractivity contribution in [3.05, 3.63) is 77.6 Å². The van der Waals surface area contributed by atoms with E-state index in [0.29, 0.717) is 19.5 Å². The van der Waals surface area contributed by atoms with Gasteiger partial charge in [0.25, 0.3) is 0 Å². The van der Waals surface area contributed by atoms with Crippen LogP contribution in [0.2, 0.25) is 0 Å². The smallest absolute Gasteiger partial charge is 0.246 e. The number of piperidine rings is 1. The molecule has 0 radical (unpaired) electrons. The summed E-state index contributed by atoms with van der Waals surface area (Å²) in [7, 11) is -3.55. The van der Waals surface area contributed by atoms with Crippen LogP contribution in [0.15, 0.2) is 59.8 Å². The first kappa shape index (κ1) is 18.8. The van der Waals surface area contributed by atoms with Crippen LogP contribution in [-0.2, 0) is 16.4 Å². The van der Waals surface area contributed by atoms with E-state index in [1.165, 1.54) is 28.8 Å². The molecule has 0 aliphatic carbocycles. The first-order valence-corrected chi connectivity index (χ1v) is 10.7. The Labute approximate surface area is 163 Å². The molecule has 4 rings (SSSR count). The lowest BCUT2D eigenvalue weighted by Gasteiger charge is -2.31. The largest absolute Gasteiger partial charge is 0.284 e. The Balaban J connectivity index is 1.51. The van der Waals surface area contributed by atoms with E-state index in [0.717, 1.165) is 29.8 Å². The van der Waals surface area contributed by atoms with Crippen molar-refractivity contribution in [2.24, 2.45) is 0 Å². The summed E-state index contributed by atoms with van der Waals surface area (Å²) in [6.45, 7) is 0.903. The van der Waals surface area contributed by atoms with E-state index >= 15 is 0 Å². The number of pyridine rings is 1. The van der Waals surface area contributed by atoms with Gasteiger partial charge in [0.1, 0.15) is 10.7 Å². The maximum atomic E-state index is 13.1. The number of halogens is 1. The van der Waals surface area contributed by atoms with Gasteiger partial charge in [0.2, 0.25) is 10.0 Å². The van der Waals surface area contributed by atoms with Crippen molar-refractivity contribution >= 4 is 10.0 Å². The van der Waals surface area contributed by atoms with Gasteiger partial charge in [0.05, 0.1) is 6.20 Å². The van der Waals surface area contributed by atoms with Gasteiger partial charge in [-0.1, -0.05) is 18.2 Å². The zero-order valence-corrected chi connectivity index (χ0v) is 16.1. The molecule has 8 heteroatoms. The number of H-pyrrole nitrogens is 1. The van der Waals surface area contributed by atoms with Gasteiger partial charge in [-0.3, -0.25) is 10.1 Å². The minimum absolute atomic E-state index is 0.0450. The minimum atomic E-state index is -3.55. The molecule has 1 N–H and O–H groups in total. The fourth-order valence-electron chi connectivity index (χ4n) is 3.57. The first-order chi connectivity index (χ1) is 13.5. The van der Waals surface area contributed by atoms with Gasteiger partial charge >= 0.3 is 0 Å². The number of hydrogen-bond donors (Lipinski definition) is 1. The third-order valence-corrected chi connectivity index (χ3v) is 6.87. The van der Waals surface area contributed by atoms with Crippen LogP contribution in [0.3, 0.4) is 0 Å². The summed E-state index contributed by atoms with van der Waals surface area (Å²) in [6.07, 6.45) is 5.02. The molecule has 1 unspecified atom stereocenters. The molecule has 6 nitrogen and oxygen atoms in total. The number of rotatable bonds is 5. The van der Waals surface area contributed by atoms with E-state index in [4.69, 9.17) is 4.98 Å². The summed E-state index contributed by atoms with van der Waals surface area (Å²) < 4.78 is 40.2. The Bertz CT molecular complexity index is 1040. The predicted molar refractivity (Wildman–Crippen MR) is 103 cm³/mol. The predicted octanol–water partition coefficient (Wildman–Crippen LogP) is 3.10. The minimum Gasteiger partial charge on any atom is -0.284 e. The topological polar surface area (TPSA) is 79.0 Å². The quantitative estimate of drug-likeness (QED) is 0.714. The lowest BCUT2D eigenvalue weighted by Crippen LogP contribution is -2.39. The Morgan fingerprint density at radius 1 is 1.18 bits per heavy atom. The summed E-state index contributed by atoms with van der Waals surface area (Å²) in [5, 5.41) is 6.31. The van der Waals surface area contributed by atoms with E-state index in [-0.39, 0.29) is 16.6 Å². The lowest BCUT2D eigenvalue weighted by atomic mass is 9.95. The molecule has 1 aliphatic rings. The van der Waals surface area contributed by atoms with Crippen LogP contribution in [0.25, 0.3) is 0 Å². The van der Waals surface area contributed by atoms with Crippen molar-refractivity contribution < 1.29 is 12.8 Å². The summed E-state index contributed by atoms with van der Waals surface area (Å²) >= 11 is 0. The van der Waals surface area contributed by atoms with Gasteiger partial charge in [0, 0.05) is 43.0 Å². The van der Waals surface area contributed by atoms with Crippen molar-refractivity contribution in [1.82, 2.24) is 19.5 Å². The Kier molecular flexibility index (Phi) is 5.23. The second-order valence-electron chi connectivity index (χ2n) is 6.99. The molecule has 0 amide bonds. The molecule has 0 spiro atoms. The normalized spacial score (nSPS) is 18.2. The summed E-state index contributed by atoms with van der Waals surface area (Å²) in [6, 6.07) is 12.2. The molecule has 3 aromatic rings. The average Bonchev–Trinajstić information content (AvgIpc) is 3.26. The van der Waals surface area contributed by atoms with Crippen LogP contribution in [0.1, 0.15) is 35.7 Å². The zero-order valence-electron chi connectivity index (χ0n) is 15.3. The second-order valence-corrected chi connectivity index (χ2v) is 8.93. The highest BCUT2D eigenvalue weighted by Gasteiger charge is 2.32. The van der Waals surface area contributed by atoms with Crippen LogP contribution in [0.5, 0.6) is 0 Å². The fourth-order valence-corrected chi connectivity index (χ4v) is 5.00. The van der Waals surface area contributed by atoms with Gasteiger partial charge in [-0.25, -0.2) is 12.8 Å². The molecular weight excluding hydrogens is 379 g/mol.